The number of rotatable bonds is 2. The predicted molar refractivity (Wildman–Crippen MR) is 76.2 cm³/mol. The van der Waals surface area contributed by atoms with Crippen LogP contribution in [0.5, 0.6) is 0 Å². The molecule has 0 aliphatic carbocycles. The summed E-state index contributed by atoms with van der Waals surface area (Å²) in [5, 5.41) is 0.692. The van der Waals surface area contributed by atoms with E-state index < -0.39 is 0 Å². The summed E-state index contributed by atoms with van der Waals surface area (Å²) in [6.45, 7) is 1.95. The standard InChI is InChI=1S/C15H13ClN2O/c1-9-2-7-13-12(18-9)8-14(19-13)15(17)10-3-5-11(16)6-4-10/h2-8,15H,17H2,1H3. The van der Waals surface area contributed by atoms with Crippen molar-refractivity contribution in [1.82, 2.24) is 4.98 Å². The lowest BCUT2D eigenvalue weighted by Gasteiger charge is -2.08. The molecule has 2 aromatic heterocycles. The highest BCUT2D eigenvalue weighted by molar-refractivity contribution is 6.30. The second kappa shape index (κ2) is 4.68. The highest BCUT2D eigenvalue weighted by atomic mass is 35.5. The van der Waals surface area contributed by atoms with Crippen LogP contribution in [0.15, 0.2) is 46.9 Å². The Kier molecular flexibility index (Phi) is 3.01. The minimum absolute atomic E-state index is 0.313. The summed E-state index contributed by atoms with van der Waals surface area (Å²) in [5.74, 6) is 0.704. The molecule has 96 valence electrons. The molecule has 4 heteroatoms. The molecule has 2 heterocycles. The van der Waals surface area contributed by atoms with Crippen LogP contribution in [0.25, 0.3) is 11.1 Å². The number of fused-ring (bicyclic) bond motifs is 1. The Balaban J connectivity index is 2.01. The van der Waals surface area contributed by atoms with Crippen LogP contribution in [-0.4, -0.2) is 4.98 Å². The Labute approximate surface area is 116 Å². The van der Waals surface area contributed by atoms with Crippen LogP contribution in [0.2, 0.25) is 5.02 Å². The summed E-state index contributed by atoms with van der Waals surface area (Å²) in [4.78, 5) is 4.42. The van der Waals surface area contributed by atoms with E-state index in [9.17, 15) is 0 Å². The maximum absolute atomic E-state index is 6.20. The third-order valence-electron chi connectivity index (χ3n) is 3.07. The lowest BCUT2D eigenvalue weighted by molar-refractivity contribution is 0.525. The Morgan fingerprint density at radius 2 is 1.89 bits per heavy atom. The zero-order valence-electron chi connectivity index (χ0n) is 10.4. The van der Waals surface area contributed by atoms with Crippen molar-refractivity contribution < 1.29 is 4.42 Å². The Morgan fingerprint density at radius 1 is 1.16 bits per heavy atom. The highest BCUT2D eigenvalue weighted by Gasteiger charge is 2.14. The van der Waals surface area contributed by atoms with E-state index in [4.69, 9.17) is 21.8 Å². The summed E-state index contributed by atoms with van der Waals surface area (Å²) in [6, 6.07) is 12.9. The largest absolute Gasteiger partial charge is 0.457 e. The molecule has 0 aliphatic rings. The van der Waals surface area contributed by atoms with E-state index in [1.807, 2.05) is 49.4 Å². The minimum Gasteiger partial charge on any atom is -0.457 e. The van der Waals surface area contributed by atoms with Gasteiger partial charge in [0.2, 0.25) is 0 Å². The van der Waals surface area contributed by atoms with Crippen molar-refractivity contribution in [2.24, 2.45) is 5.73 Å². The van der Waals surface area contributed by atoms with Gasteiger partial charge in [0, 0.05) is 16.8 Å². The number of hydrogen-bond donors (Lipinski definition) is 1. The van der Waals surface area contributed by atoms with Crippen molar-refractivity contribution in [1.29, 1.82) is 0 Å². The van der Waals surface area contributed by atoms with Crippen LogP contribution in [0.3, 0.4) is 0 Å². The first-order valence-electron chi connectivity index (χ1n) is 6.01. The van der Waals surface area contributed by atoms with E-state index in [0.717, 1.165) is 22.4 Å². The van der Waals surface area contributed by atoms with E-state index in [1.54, 1.807) is 0 Å². The van der Waals surface area contributed by atoms with Crippen molar-refractivity contribution in [3.05, 3.63) is 64.5 Å². The van der Waals surface area contributed by atoms with Gasteiger partial charge in [-0.1, -0.05) is 23.7 Å². The van der Waals surface area contributed by atoms with Crippen LogP contribution >= 0.6 is 11.6 Å². The Hall–Kier alpha value is -1.84. The molecule has 3 rings (SSSR count). The zero-order valence-corrected chi connectivity index (χ0v) is 11.2. The number of hydrogen-bond acceptors (Lipinski definition) is 3. The van der Waals surface area contributed by atoms with E-state index in [1.165, 1.54) is 0 Å². The molecule has 0 saturated carbocycles. The average Bonchev–Trinajstić information content (AvgIpc) is 2.81. The van der Waals surface area contributed by atoms with Gasteiger partial charge in [-0.3, -0.25) is 0 Å². The van der Waals surface area contributed by atoms with E-state index >= 15 is 0 Å². The number of pyridine rings is 1. The van der Waals surface area contributed by atoms with Crippen molar-refractivity contribution >= 4 is 22.7 Å². The molecular weight excluding hydrogens is 260 g/mol. The molecule has 2 N–H and O–H groups in total. The number of halogens is 1. The smallest absolute Gasteiger partial charge is 0.152 e. The summed E-state index contributed by atoms with van der Waals surface area (Å²) in [5.41, 5.74) is 9.71. The minimum atomic E-state index is -0.313. The van der Waals surface area contributed by atoms with Crippen LogP contribution < -0.4 is 5.73 Å². The van der Waals surface area contributed by atoms with Crippen LogP contribution in [0.1, 0.15) is 23.1 Å². The normalized spacial score (nSPS) is 12.8. The first-order valence-corrected chi connectivity index (χ1v) is 6.39. The first-order chi connectivity index (χ1) is 9.13. The fourth-order valence-electron chi connectivity index (χ4n) is 2.03. The molecular formula is C15H13ClN2O. The van der Waals surface area contributed by atoms with Crippen molar-refractivity contribution in [2.45, 2.75) is 13.0 Å². The molecule has 1 unspecified atom stereocenters. The second-order valence-electron chi connectivity index (χ2n) is 4.51. The molecule has 0 fully saturated rings. The van der Waals surface area contributed by atoms with Gasteiger partial charge in [-0.05, 0) is 36.8 Å². The SMILES string of the molecule is Cc1ccc2oc(C(N)c3ccc(Cl)cc3)cc2n1. The van der Waals surface area contributed by atoms with E-state index in [-0.39, 0.29) is 6.04 Å². The van der Waals surface area contributed by atoms with Crippen molar-refractivity contribution in [3.8, 4) is 0 Å². The van der Waals surface area contributed by atoms with Gasteiger partial charge in [-0.2, -0.15) is 0 Å². The second-order valence-corrected chi connectivity index (χ2v) is 4.95. The molecule has 1 atom stereocenters. The molecule has 19 heavy (non-hydrogen) atoms. The van der Waals surface area contributed by atoms with Gasteiger partial charge < -0.3 is 10.2 Å². The topological polar surface area (TPSA) is 52.0 Å². The number of nitrogens with zero attached hydrogens (tertiary/aromatic N) is 1. The fraction of sp³-hybridized carbons (Fsp3) is 0.133. The number of aryl methyl sites for hydroxylation is 1. The summed E-state index contributed by atoms with van der Waals surface area (Å²) < 4.78 is 5.75. The number of aromatic nitrogens is 1. The average molecular weight is 273 g/mol. The summed E-state index contributed by atoms with van der Waals surface area (Å²) in [6.07, 6.45) is 0. The molecule has 0 aliphatic heterocycles. The molecule has 0 spiro atoms. The Morgan fingerprint density at radius 3 is 2.63 bits per heavy atom. The fourth-order valence-corrected chi connectivity index (χ4v) is 2.16. The van der Waals surface area contributed by atoms with Gasteiger partial charge in [-0.25, -0.2) is 4.98 Å². The van der Waals surface area contributed by atoms with Crippen molar-refractivity contribution in [3.63, 3.8) is 0 Å². The third-order valence-corrected chi connectivity index (χ3v) is 3.32. The molecule has 1 aromatic carbocycles. The molecule has 3 aromatic rings. The lowest BCUT2D eigenvalue weighted by Crippen LogP contribution is -2.10. The maximum Gasteiger partial charge on any atom is 0.152 e. The molecule has 3 nitrogen and oxygen atoms in total. The van der Waals surface area contributed by atoms with Gasteiger partial charge in [-0.15, -0.1) is 0 Å². The van der Waals surface area contributed by atoms with E-state index in [0.29, 0.717) is 10.8 Å². The van der Waals surface area contributed by atoms with Gasteiger partial charge >= 0.3 is 0 Å². The number of nitrogens with two attached hydrogens (primary N) is 1. The zero-order chi connectivity index (χ0) is 13.4. The third kappa shape index (κ3) is 2.35. The summed E-state index contributed by atoms with van der Waals surface area (Å²) in [7, 11) is 0. The van der Waals surface area contributed by atoms with Gasteiger partial charge in [0.1, 0.15) is 11.3 Å². The number of furan rings is 1. The predicted octanol–water partition coefficient (Wildman–Crippen LogP) is 3.84. The molecule has 0 bridgehead atoms. The van der Waals surface area contributed by atoms with E-state index in [2.05, 4.69) is 4.98 Å². The molecule has 0 saturated heterocycles. The first kappa shape index (κ1) is 12.2. The Bertz CT molecular complexity index is 719. The van der Waals surface area contributed by atoms with Gasteiger partial charge in [0.25, 0.3) is 0 Å². The van der Waals surface area contributed by atoms with Crippen molar-refractivity contribution in [2.75, 3.05) is 0 Å². The van der Waals surface area contributed by atoms with Crippen LogP contribution in [0.4, 0.5) is 0 Å². The van der Waals surface area contributed by atoms with Crippen LogP contribution in [-0.2, 0) is 0 Å². The lowest BCUT2D eigenvalue weighted by atomic mass is 10.1. The van der Waals surface area contributed by atoms with Gasteiger partial charge in [0.15, 0.2) is 5.58 Å². The maximum atomic E-state index is 6.20. The summed E-state index contributed by atoms with van der Waals surface area (Å²) >= 11 is 5.87. The number of benzene rings is 1. The quantitative estimate of drug-likeness (QED) is 0.771. The molecule has 0 amide bonds. The highest BCUT2D eigenvalue weighted by Crippen LogP contribution is 2.26. The monoisotopic (exact) mass is 272 g/mol. The molecule has 0 radical (unpaired) electrons. The van der Waals surface area contributed by atoms with Crippen LogP contribution in [0, 0.1) is 6.92 Å². The van der Waals surface area contributed by atoms with Gasteiger partial charge in [0.05, 0.1) is 6.04 Å².